The van der Waals surface area contributed by atoms with Crippen molar-refractivity contribution >= 4 is 11.0 Å². The average molecular weight is 270 g/mol. The third-order valence-corrected chi connectivity index (χ3v) is 5.16. The molecule has 0 amide bonds. The molecule has 0 radical (unpaired) electrons. The van der Waals surface area contributed by atoms with Gasteiger partial charge in [0.2, 0.25) is 0 Å². The normalized spacial score (nSPS) is 30.8. The van der Waals surface area contributed by atoms with Gasteiger partial charge in [-0.1, -0.05) is 6.42 Å². The minimum atomic E-state index is 0.420. The summed E-state index contributed by atoms with van der Waals surface area (Å²) in [5.74, 6) is 1.54. The Balaban J connectivity index is 1.52. The van der Waals surface area contributed by atoms with E-state index in [2.05, 4.69) is 27.1 Å². The molecule has 1 saturated heterocycles. The molecule has 0 spiro atoms. The maximum Gasteiger partial charge on any atom is 0.137 e. The highest BCUT2D eigenvalue weighted by Crippen LogP contribution is 2.36. The zero-order chi connectivity index (χ0) is 13.5. The number of nitrogens with one attached hydrogen (secondary N) is 1. The number of likely N-dealkylation sites (tertiary alicyclic amines) is 1. The monoisotopic (exact) mass is 270 g/mol. The van der Waals surface area contributed by atoms with Crippen LogP contribution in [-0.2, 0) is 6.54 Å². The van der Waals surface area contributed by atoms with Crippen LogP contribution in [0.25, 0.3) is 11.0 Å². The first-order valence-corrected chi connectivity index (χ1v) is 7.70. The van der Waals surface area contributed by atoms with E-state index in [9.17, 15) is 0 Å². The number of hydrogen-bond acceptors (Lipinski definition) is 3. The van der Waals surface area contributed by atoms with Crippen LogP contribution in [0.3, 0.4) is 0 Å². The van der Waals surface area contributed by atoms with Crippen LogP contribution >= 0.6 is 0 Å². The van der Waals surface area contributed by atoms with Gasteiger partial charge in [0.1, 0.15) is 5.65 Å². The van der Waals surface area contributed by atoms with Crippen molar-refractivity contribution in [2.24, 2.45) is 17.6 Å². The Bertz CT molecular complexity index is 605. The molecule has 1 saturated carbocycles. The molecule has 2 aliphatic rings. The third-order valence-electron chi connectivity index (χ3n) is 5.16. The second-order valence-electron chi connectivity index (χ2n) is 6.43. The maximum atomic E-state index is 6.30. The number of aromatic nitrogens is 2. The van der Waals surface area contributed by atoms with E-state index in [4.69, 9.17) is 5.73 Å². The number of rotatable bonds is 2. The van der Waals surface area contributed by atoms with Crippen molar-refractivity contribution in [2.45, 2.75) is 31.8 Å². The van der Waals surface area contributed by atoms with Crippen LogP contribution in [0.1, 0.15) is 24.8 Å². The first kappa shape index (κ1) is 12.4. The number of aromatic amines is 1. The van der Waals surface area contributed by atoms with Gasteiger partial charge >= 0.3 is 0 Å². The Morgan fingerprint density at radius 2 is 2.30 bits per heavy atom. The molecule has 2 aromatic heterocycles. The summed E-state index contributed by atoms with van der Waals surface area (Å²) in [6.45, 7) is 3.40. The molecule has 3 N–H and O–H groups in total. The summed E-state index contributed by atoms with van der Waals surface area (Å²) in [7, 11) is 0. The van der Waals surface area contributed by atoms with E-state index in [0.29, 0.717) is 12.0 Å². The van der Waals surface area contributed by atoms with Crippen molar-refractivity contribution in [2.75, 3.05) is 13.1 Å². The van der Waals surface area contributed by atoms with Gasteiger partial charge in [-0.2, -0.15) is 0 Å². The largest absolute Gasteiger partial charge is 0.346 e. The molecular weight excluding hydrogens is 248 g/mol. The van der Waals surface area contributed by atoms with Crippen molar-refractivity contribution in [3.63, 3.8) is 0 Å². The lowest BCUT2D eigenvalue weighted by atomic mass is 9.78. The van der Waals surface area contributed by atoms with Gasteiger partial charge in [0.25, 0.3) is 0 Å². The lowest BCUT2D eigenvalue weighted by Gasteiger charge is -2.29. The lowest BCUT2D eigenvalue weighted by molar-refractivity contribution is 0.259. The predicted molar refractivity (Wildman–Crippen MR) is 80.2 cm³/mol. The quantitative estimate of drug-likeness (QED) is 0.879. The summed E-state index contributed by atoms with van der Waals surface area (Å²) >= 11 is 0. The Morgan fingerprint density at radius 3 is 3.20 bits per heavy atom. The van der Waals surface area contributed by atoms with Crippen molar-refractivity contribution < 1.29 is 0 Å². The summed E-state index contributed by atoms with van der Waals surface area (Å²) < 4.78 is 0. The highest BCUT2D eigenvalue weighted by molar-refractivity contribution is 5.79. The first-order chi connectivity index (χ1) is 9.81. The van der Waals surface area contributed by atoms with E-state index in [-0.39, 0.29) is 0 Å². The molecule has 20 heavy (non-hydrogen) atoms. The molecule has 0 bridgehead atoms. The minimum absolute atomic E-state index is 0.420. The molecule has 1 aliphatic carbocycles. The number of nitrogens with two attached hydrogens (primary N) is 1. The van der Waals surface area contributed by atoms with Crippen molar-refractivity contribution in [1.29, 1.82) is 0 Å². The van der Waals surface area contributed by atoms with E-state index < -0.39 is 0 Å². The van der Waals surface area contributed by atoms with Crippen LogP contribution in [0.5, 0.6) is 0 Å². The zero-order valence-corrected chi connectivity index (χ0v) is 11.8. The van der Waals surface area contributed by atoms with Crippen molar-refractivity contribution in [3.05, 3.63) is 30.1 Å². The van der Waals surface area contributed by atoms with Crippen molar-refractivity contribution in [1.82, 2.24) is 14.9 Å². The highest BCUT2D eigenvalue weighted by Gasteiger charge is 2.38. The molecule has 3 atom stereocenters. The Labute approximate surface area is 119 Å². The number of hydrogen-bond donors (Lipinski definition) is 2. The third kappa shape index (κ3) is 2.03. The molecule has 4 rings (SSSR count). The van der Waals surface area contributed by atoms with E-state index in [1.54, 1.807) is 0 Å². The van der Waals surface area contributed by atoms with E-state index in [0.717, 1.165) is 18.1 Å². The topological polar surface area (TPSA) is 57.9 Å². The van der Waals surface area contributed by atoms with Gasteiger partial charge in [0, 0.05) is 43.5 Å². The van der Waals surface area contributed by atoms with Crippen LogP contribution in [0.4, 0.5) is 0 Å². The molecule has 2 aromatic rings. The van der Waals surface area contributed by atoms with Gasteiger partial charge in [-0.15, -0.1) is 0 Å². The maximum absolute atomic E-state index is 6.30. The highest BCUT2D eigenvalue weighted by atomic mass is 15.2. The smallest absolute Gasteiger partial charge is 0.137 e. The van der Waals surface area contributed by atoms with Crippen LogP contribution in [-0.4, -0.2) is 34.0 Å². The summed E-state index contributed by atoms with van der Waals surface area (Å²) in [6.07, 6.45) is 7.84. The van der Waals surface area contributed by atoms with Gasteiger partial charge in [0.15, 0.2) is 0 Å². The van der Waals surface area contributed by atoms with Crippen LogP contribution in [0.15, 0.2) is 24.5 Å². The number of fused-ring (bicyclic) bond motifs is 2. The Hall–Kier alpha value is -1.39. The van der Waals surface area contributed by atoms with Crippen LogP contribution in [0.2, 0.25) is 0 Å². The molecule has 3 unspecified atom stereocenters. The lowest BCUT2D eigenvalue weighted by Crippen LogP contribution is -2.38. The zero-order valence-electron chi connectivity index (χ0n) is 11.8. The molecule has 4 heteroatoms. The summed E-state index contributed by atoms with van der Waals surface area (Å²) in [6, 6.07) is 4.59. The molecule has 1 aliphatic heterocycles. The first-order valence-electron chi connectivity index (χ1n) is 7.70. The molecule has 106 valence electrons. The minimum Gasteiger partial charge on any atom is -0.346 e. The fourth-order valence-electron chi connectivity index (χ4n) is 4.12. The molecular formula is C16H22N4. The summed E-state index contributed by atoms with van der Waals surface area (Å²) in [4.78, 5) is 10.2. The number of nitrogens with zero attached hydrogens (tertiary/aromatic N) is 2. The molecule has 4 nitrogen and oxygen atoms in total. The fourth-order valence-corrected chi connectivity index (χ4v) is 4.12. The van der Waals surface area contributed by atoms with E-state index in [1.165, 1.54) is 43.3 Å². The average Bonchev–Trinajstić information content (AvgIpc) is 3.05. The fraction of sp³-hybridized carbons (Fsp3) is 0.562. The SMILES string of the molecule is NC1CCCC2CN(Cc3c[nH]c4ncccc34)CC12. The van der Waals surface area contributed by atoms with Crippen LogP contribution < -0.4 is 5.73 Å². The van der Waals surface area contributed by atoms with Crippen molar-refractivity contribution in [3.8, 4) is 0 Å². The summed E-state index contributed by atoms with van der Waals surface area (Å²) in [5.41, 5.74) is 8.66. The molecule has 3 heterocycles. The van der Waals surface area contributed by atoms with Gasteiger partial charge in [-0.25, -0.2) is 4.98 Å². The number of H-pyrrole nitrogens is 1. The van der Waals surface area contributed by atoms with Gasteiger partial charge in [0.05, 0.1) is 0 Å². The second-order valence-corrected chi connectivity index (χ2v) is 6.43. The second kappa shape index (κ2) is 4.86. The Morgan fingerprint density at radius 1 is 1.35 bits per heavy atom. The predicted octanol–water partition coefficient (Wildman–Crippen LogP) is 2.12. The van der Waals surface area contributed by atoms with Crippen LogP contribution in [0, 0.1) is 11.8 Å². The standard InChI is InChI=1S/C16H22N4/c17-15-5-1-3-11-8-20(10-14(11)15)9-12-7-19-16-13(12)4-2-6-18-16/h2,4,6-7,11,14-15H,1,3,5,8-10,17H2,(H,18,19). The van der Waals surface area contributed by atoms with Gasteiger partial charge < -0.3 is 10.7 Å². The van der Waals surface area contributed by atoms with E-state index in [1.807, 2.05) is 12.3 Å². The Kier molecular flexibility index (Phi) is 3.00. The van der Waals surface area contributed by atoms with Gasteiger partial charge in [-0.3, -0.25) is 4.90 Å². The summed E-state index contributed by atoms with van der Waals surface area (Å²) in [5, 5.41) is 1.26. The molecule has 2 fully saturated rings. The van der Waals surface area contributed by atoms with Gasteiger partial charge in [-0.05, 0) is 42.4 Å². The van der Waals surface area contributed by atoms with E-state index >= 15 is 0 Å². The molecule has 0 aromatic carbocycles. The number of pyridine rings is 1.